The Morgan fingerprint density at radius 1 is 1.38 bits per heavy atom. The van der Waals surface area contributed by atoms with Gasteiger partial charge in [0.1, 0.15) is 0 Å². The number of unbranched alkanes of at least 4 members (excludes halogenated alkanes) is 3. The van der Waals surface area contributed by atoms with E-state index in [1.165, 1.54) is 13.1 Å². The lowest BCUT2D eigenvalue weighted by atomic mass is 10.1. The molecule has 1 heterocycles. The second-order valence-corrected chi connectivity index (χ2v) is 5.16. The molecule has 16 heavy (non-hydrogen) atoms. The monoisotopic (exact) mass is 241 g/mol. The van der Waals surface area contributed by atoms with Crippen molar-refractivity contribution in [1.29, 1.82) is 0 Å². The van der Waals surface area contributed by atoms with Crippen LogP contribution in [0.25, 0.3) is 0 Å². The van der Waals surface area contributed by atoms with Gasteiger partial charge in [-0.15, -0.1) is 8.20 Å². The summed E-state index contributed by atoms with van der Waals surface area (Å²) in [5.41, 5.74) is 0. The summed E-state index contributed by atoms with van der Waals surface area (Å²) in [5, 5.41) is 0. The third-order valence-corrected chi connectivity index (χ3v) is 3.49. The van der Waals surface area contributed by atoms with Gasteiger partial charge in [0.2, 0.25) is 11.8 Å². The minimum absolute atomic E-state index is 0.0103. The van der Waals surface area contributed by atoms with Crippen LogP contribution in [0.1, 0.15) is 39.0 Å². The quantitative estimate of drug-likeness (QED) is 0.406. The van der Waals surface area contributed by atoms with Crippen molar-refractivity contribution in [3.05, 3.63) is 0 Å². The van der Waals surface area contributed by atoms with Gasteiger partial charge in [0, 0.05) is 18.9 Å². The summed E-state index contributed by atoms with van der Waals surface area (Å²) in [4.78, 5) is 24.5. The van der Waals surface area contributed by atoms with Crippen LogP contribution in [0.2, 0.25) is 0 Å². The molecule has 1 unspecified atom stereocenters. The molecule has 2 amide bonds. The summed E-state index contributed by atoms with van der Waals surface area (Å²) >= 11 is 0. The standard InChI is InChI=1S/C12H20NO2P/c1-10-9-11(14)13(12(10)15)7-5-3-4-6-8-16-2/h8,10H,3-7,9H2,1-2H3. The van der Waals surface area contributed by atoms with Crippen molar-refractivity contribution >= 4 is 25.8 Å². The van der Waals surface area contributed by atoms with E-state index in [9.17, 15) is 9.59 Å². The highest BCUT2D eigenvalue weighted by Gasteiger charge is 2.34. The molecule has 3 nitrogen and oxygen atoms in total. The number of likely N-dealkylation sites (tertiary alicyclic amines) is 1. The Morgan fingerprint density at radius 3 is 2.69 bits per heavy atom. The normalized spacial score (nSPS) is 21.4. The van der Waals surface area contributed by atoms with Gasteiger partial charge >= 0.3 is 0 Å². The van der Waals surface area contributed by atoms with Crippen LogP contribution in [0.3, 0.4) is 0 Å². The molecule has 0 saturated carbocycles. The van der Waals surface area contributed by atoms with Gasteiger partial charge in [0.15, 0.2) is 0 Å². The molecule has 0 aromatic carbocycles. The fourth-order valence-electron chi connectivity index (χ4n) is 1.89. The van der Waals surface area contributed by atoms with Crippen LogP contribution in [0.15, 0.2) is 0 Å². The van der Waals surface area contributed by atoms with Crippen LogP contribution in [0, 0.1) is 5.92 Å². The first-order chi connectivity index (χ1) is 7.66. The van der Waals surface area contributed by atoms with E-state index in [2.05, 4.69) is 12.5 Å². The fourth-order valence-corrected chi connectivity index (χ4v) is 2.34. The first-order valence-corrected chi connectivity index (χ1v) is 7.32. The van der Waals surface area contributed by atoms with Gasteiger partial charge in [-0.05, 0) is 25.9 Å². The van der Waals surface area contributed by atoms with Gasteiger partial charge < -0.3 is 0 Å². The van der Waals surface area contributed by atoms with Gasteiger partial charge in [0.05, 0.1) is 0 Å². The van der Waals surface area contributed by atoms with Crippen LogP contribution in [-0.2, 0) is 9.59 Å². The molecular formula is C12H20NO2P. The second kappa shape index (κ2) is 6.80. The summed E-state index contributed by atoms with van der Waals surface area (Å²) in [7, 11) is 1.33. The number of nitrogens with zero attached hydrogens (tertiary/aromatic N) is 1. The molecule has 1 aliphatic rings. The van der Waals surface area contributed by atoms with Crippen molar-refractivity contribution in [2.75, 3.05) is 13.2 Å². The highest BCUT2D eigenvalue weighted by atomic mass is 31.1. The lowest BCUT2D eigenvalue weighted by molar-refractivity contribution is -0.139. The summed E-state index contributed by atoms with van der Waals surface area (Å²) in [5.74, 6) is 2.17. The van der Waals surface area contributed by atoms with Crippen LogP contribution in [0.4, 0.5) is 0 Å². The Morgan fingerprint density at radius 2 is 2.12 bits per heavy atom. The average molecular weight is 241 g/mol. The fraction of sp³-hybridized carbons (Fsp3) is 0.750. The number of amides is 2. The Labute approximate surface area is 99.0 Å². The molecule has 0 N–H and O–H groups in total. The van der Waals surface area contributed by atoms with E-state index >= 15 is 0 Å². The molecule has 1 rings (SSSR count). The largest absolute Gasteiger partial charge is 0.282 e. The molecule has 0 aromatic rings. The van der Waals surface area contributed by atoms with E-state index < -0.39 is 0 Å². The number of imide groups is 1. The molecule has 0 spiro atoms. The maximum absolute atomic E-state index is 11.6. The number of rotatable bonds is 6. The molecule has 0 aliphatic carbocycles. The van der Waals surface area contributed by atoms with Crippen molar-refractivity contribution in [3.63, 3.8) is 0 Å². The highest BCUT2D eigenvalue weighted by Crippen LogP contribution is 2.19. The summed E-state index contributed by atoms with van der Waals surface area (Å²) in [6.07, 6.45) is 4.74. The third kappa shape index (κ3) is 3.71. The molecule has 4 heteroatoms. The van der Waals surface area contributed by atoms with E-state index in [1.807, 2.05) is 6.92 Å². The van der Waals surface area contributed by atoms with Crippen LogP contribution < -0.4 is 0 Å². The Balaban J connectivity index is 2.18. The van der Waals surface area contributed by atoms with E-state index in [1.54, 1.807) is 0 Å². The Bertz CT molecular complexity index is 289. The van der Waals surface area contributed by atoms with Crippen molar-refractivity contribution in [2.45, 2.75) is 39.0 Å². The first-order valence-electron chi connectivity index (χ1n) is 5.91. The van der Waals surface area contributed by atoms with E-state index in [4.69, 9.17) is 0 Å². The minimum atomic E-state index is -0.0975. The molecule has 0 radical (unpaired) electrons. The van der Waals surface area contributed by atoms with E-state index in [0.717, 1.165) is 25.7 Å². The molecular weight excluding hydrogens is 221 g/mol. The zero-order valence-electron chi connectivity index (χ0n) is 10.1. The zero-order chi connectivity index (χ0) is 12.0. The summed E-state index contributed by atoms with van der Waals surface area (Å²) < 4.78 is 0. The second-order valence-electron chi connectivity index (χ2n) is 4.28. The lowest BCUT2D eigenvalue weighted by Crippen LogP contribution is -2.31. The van der Waals surface area contributed by atoms with Crippen LogP contribution in [-0.4, -0.2) is 35.7 Å². The Kier molecular flexibility index (Phi) is 5.68. The number of carbonyl (C=O) groups is 2. The highest BCUT2D eigenvalue weighted by molar-refractivity contribution is 7.37. The van der Waals surface area contributed by atoms with Crippen molar-refractivity contribution in [2.24, 2.45) is 5.92 Å². The van der Waals surface area contributed by atoms with E-state index in [0.29, 0.717) is 13.0 Å². The maximum atomic E-state index is 11.6. The smallest absolute Gasteiger partial charge is 0.232 e. The zero-order valence-corrected chi connectivity index (χ0v) is 11.0. The molecule has 1 saturated heterocycles. The number of hydrogen-bond donors (Lipinski definition) is 0. The number of hydrogen-bond acceptors (Lipinski definition) is 2. The van der Waals surface area contributed by atoms with Gasteiger partial charge in [0.25, 0.3) is 0 Å². The summed E-state index contributed by atoms with van der Waals surface area (Å²) in [6, 6.07) is 0. The number of carbonyl (C=O) groups excluding carboxylic acids is 2. The van der Waals surface area contributed by atoms with Crippen molar-refractivity contribution in [1.82, 2.24) is 4.90 Å². The first kappa shape index (κ1) is 13.4. The van der Waals surface area contributed by atoms with Crippen LogP contribution >= 0.6 is 8.20 Å². The van der Waals surface area contributed by atoms with Gasteiger partial charge in [-0.1, -0.05) is 19.1 Å². The van der Waals surface area contributed by atoms with Crippen LogP contribution in [0.5, 0.6) is 0 Å². The van der Waals surface area contributed by atoms with Crippen molar-refractivity contribution in [3.8, 4) is 0 Å². The maximum Gasteiger partial charge on any atom is 0.232 e. The molecule has 0 aromatic heterocycles. The minimum Gasteiger partial charge on any atom is -0.282 e. The Hall–Kier alpha value is -0.690. The SMILES string of the molecule is C/P=C\CCCCCN1C(=O)CC(C)C1=O. The topological polar surface area (TPSA) is 37.4 Å². The summed E-state index contributed by atoms with van der Waals surface area (Å²) in [6.45, 7) is 4.56. The molecule has 1 atom stereocenters. The molecule has 1 fully saturated rings. The van der Waals surface area contributed by atoms with Gasteiger partial charge in [-0.25, -0.2) is 0 Å². The van der Waals surface area contributed by atoms with Gasteiger partial charge in [-0.2, -0.15) is 0 Å². The molecule has 0 bridgehead atoms. The molecule has 1 aliphatic heterocycles. The lowest BCUT2D eigenvalue weighted by Gasteiger charge is -2.13. The third-order valence-electron chi connectivity index (χ3n) is 2.87. The molecule has 90 valence electrons. The van der Waals surface area contributed by atoms with E-state index in [-0.39, 0.29) is 17.7 Å². The predicted octanol–water partition coefficient (Wildman–Crippen LogP) is 2.32. The average Bonchev–Trinajstić information content (AvgIpc) is 2.49. The predicted molar refractivity (Wildman–Crippen MR) is 67.9 cm³/mol. The van der Waals surface area contributed by atoms with Gasteiger partial charge in [-0.3, -0.25) is 14.5 Å². The van der Waals surface area contributed by atoms with Crippen molar-refractivity contribution < 1.29 is 9.59 Å².